The van der Waals surface area contributed by atoms with Crippen LogP contribution in [0.25, 0.3) is 0 Å². The van der Waals surface area contributed by atoms with Gasteiger partial charge in [-0.1, -0.05) is 30.3 Å². The first-order chi connectivity index (χ1) is 12.7. The number of sulfonamides is 1. The summed E-state index contributed by atoms with van der Waals surface area (Å²) < 4.78 is 30.1. The van der Waals surface area contributed by atoms with Crippen LogP contribution in [0.15, 0.2) is 30.3 Å². The molecule has 1 heterocycles. The summed E-state index contributed by atoms with van der Waals surface area (Å²) >= 11 is 0. The molecule has 1 aromatic carbocycles. The highest BCUT2D eigenvalue weighted by Gasteiger charge is 2.49. The number of rotatable bonds is 8. The Morgan fingerprint density at radius 3 is 2.56 bits per heavy atom. The highest BCUT2D eigenvalue weighted by Crippen LogP contribution is 2.25. The van der Waals surface area contributed by atoms with E-state index >= 15 is 0 Å². The lowest BCUT2D eigenvalue weighted by molar-refractivity contribution is -0.153. The second-order valence-electron chi connectivity index (χ2n) is 6.86. The Hall–Kier alpha value is -1.97. The maximum atomic E-state index is 13.0. The number of methoxy groups -OCH3 is 1. The molecule has 8 nitrogen and oxygen atoms in total. The van der Waals surface area contributed by atoms with Crippen molar-refractivity contribution >= 4 is 21.8 Å². The quantitative estimate of drug-likeness (QED) is 0.633. The van der Waals surface area contributed by atoms with Gasteiger partial charge in [0.1, 0.15) is 5.54 Å². The fourth-order valence-electron chi connectivity index (χ4n) is 3.13. The standard InChI is InChI=1S/C18H27N3O5S/c1-18(17(23)19-12-15-8-5-4-6-9-15)14-20(27(3,24)25)13-16(22)21(18)10-7-11-26-2/h4-6,8-9H,7,10-14H2,1-3H3,(H,19,23). The smallest absolute Gasteiger partial charge is 0.247 e. The molecular formula is C18H27N3O5S. The van der Waals surface area contributed by atoms with Gasteiger partial charge < -0.3 is 15.0 Å². The zero-order chi connectivity index (χ0) is 20.1. The van der Waals surface area contributed by atoms with Crippen molar-refractivity contribution in [3.63, 3.8) is 0 Å². The Morgan fingerprint density at radius 2 is 1.96 bits per heavy atom. The molecule has 0 aromatic heterocycles. The van der Waals surface area contributed by atoms with E-state index in [2.05, 4.69) is 5.32 Å². The average Bonchev–Trinajstić information content (AvgIpc) is 2.62. The predicted octanol–water partition coefficient (Wildman–Crippen LogP) is 0.202. The number of carbonyl (C=O) groups excluding carboxylic acids is 2. The lowest BCUT2D eigenvalue weighted by atomic mass is 9.95. The van der Waals surface area contributed by atoms with Gasteiger partial charge in [0.25, 0.3) is 0 Å². The van der Waals surface area contributed by atoms with Gasteiger partial charge in [-0.15, -0.1) is 0 Å². The third kappa shape index (κ3) is 5.27. The van der Waals surface area contributed by atoms with E-state index in [1.807, 2.05) is 30.3 Å². The van der Waals surface area contributed by atoms with Crippen molar-refractivity contribution < 1.29 is 22.7 Å². The van der Waals surface area contributed by atoms with E-state index in [1.54, 1.807) is 14.0 Å². The molecule has 1 aromatic rings. The molecule has 1 atom stereocenters. The van der Waals surface area contributed by atoms with E-state index in [0.717, 1.165) is 16.1 Å². The van der Waals surface area contributed by atoms with Gasteiger partial charge in [-0.25, -0.2) is 8.42 Å². The number of benzene rings is 1. The van der Waals surface area contributed by atoms with Gasteiger partial charge in [0.05, 0.1) is 12.8 Å². The summed E-state index contributed by atoms with van der Waals surface area (Å²) in [6.45, 7) is 2.34. The van der Waals surface area contributed by atoms with Crippen molar-refractivity contribution in [2.24, 2.45) is 0 Å². The number of piperazine rings is 1. The number of nitrogens with one attached hydrogen (secondary N) is 1. The van der Waals surface area contributed by atoms with Crippen LogP contribution in [0.5, 0.6) is 0 Å². The summed E-state index contributed by atoms with van der Waals surface area (Å²) in [5, 5.41) is 2.84. The third-order valence-electron chi connectivity index (χ3n) is 4.68. The molecule has 1 aliphatic heterocycles. The molecule has 1 N–H and O–H groups in total. The molecule has 2 amide bonds. The lowest BCUT2D eigenvalue weighted by Gasteiger charge is -2.46. The first kappa shape index (κ1) is 21.3. The fraction of sp³-hybridized carbons (Fsp3) is 0.556. The number of ether oxygens (including phenoxy) is 1. The molecular weight excluding hydrogens is 370 g/mol. The van der Waals surface area contributed by atoms with E-state index in [-0.39, 0.29) is 24.9 Å². The van der Waals surface area contributed by atoms with Crippen LogP contribution >= 0.6 is 0 Å². The molecule has 2 rings (SSSR count). The number of hydrogen-bond donors (Lipinski definition) is 1. The Kier molecular flexibility index (Phi) is 6.96. The van der Waals surface area contributed by atoms with Crippen LogP contribution in [0.2, 0.25) is 0 Å². The topological polar surface area (TPSA) is 96.0 Å². The molecule has 9 heteroatoms. The minimum absolute atomic E-state index is 0.0782. The fourth-order valence-corrected chi connectivity index (χ4v) is 3.96. The van der Waals surface area contributed by atoms with Gasteiger partial charge in [0.2, 0.25) is 21.8 Å². The molecule has 1 aliphatic rings. The zero-order valence-corrected chi connectivity index (χ0v) is 16.8. The molecule has 0 aliphatic carbocycles. The van der Waals surface area contributed by atoms with E-state index in [1.165, 1.54) is 4.90 Å². The van der Waals surface area contributed by atoms with Gasteiger partial charge >= 0.3 is 0 Å². The molecule has 0 spiro atoms. The molecule has 0 saturated carbocycles. The number of carbonyl (C=O) groups is 2. The highest BCUT2D eigenvalue weighted by molar-refractivity contribution is 7.88. The summed E-state index contributed by atoms with van der Waals surface area (Å²) in [5.41, 5.74) is -0.372. The molecule has 150 valence electrons. The van der Waals surface area contributed by atoms with E-state index in [4.69, 9.17) is 4.74 Å². The van der Waals surface area contributed by atoms with Gasteiger partial charge in [-0.05, 0) is 18.9 Å². The molecule has 1 unspecified atom stereocenters. The Labute approximate surface area is 160 Å². The van der Waals surface area contributed by atoms with Crippen molar-refractivity contribution in [3.8, 4) is 0 Å². The maximum Gasteiger partial charge on any atom is 0.247 e. The first-order valence-electron chi connectivity index (χ1n) is 8.75. The number of nitrogens with zero attached hydrogens (tertiary/aromatic N) is 2. The van der Waals surface area contributed by atoms with E-state index in [0.29, 0.717) is 26.1 Å². The molecule has 0 bridgehead atoms. The largest absolute Gasteiger partial charge is 0.385 e. The molecule has 0 radical (unpaired) electrons. The van der Waals surface area contributed by atoms with Gasteiger partial charge in [-0.2, -0.15) is 4.31 Å². The van der Waals surface area contributed by atoms with Crippen LogP contribution < -0.4 is 5.32 Å². The summed E-state index contributed by atoms with van der Waals surface area (Å²) in [4.78, 5) is 27.1. The van der Waals surface area contributed by atoms with E-state index in [9.17, 15) is 18.0 Å². The Balaban J connectivity index is 2.21. The molecule has 27 heavy (non-hydrogen) atoms. The van der Waals surface area contributed by atoms with Crippen LogP contribution in [-0.2, 0) is 30.9 Å². The Morgan fingerprint density at radius 1 is 1.30 bits per heavy atom. The van der Waals surface area contributed by atoms with Gasteiger partial charge in [0, 0.05) is 33.4 Å². The average molecular weight is 397 g/mol. The van der Waals surface area contributed by atoms with Crippen molar-refractivity contribution in [2.75, 3.05) is 39.6 Å². The number of hydrogen-bond acceptors (Lipinski definition) is 5. The minimum Gasteiger partial charge on any atom is -0.385 e. The molecule has 1 saturated heterocycles. The minimum atomic E-state index is -3.60. The van der Waals surface area contributed by atoms with Crippen LogP contribution in [0.3, 0.4) is 0 Å². The molecule has 1 fully saturated rings. The van der Waals surface area contributed by atoms with Crippen LogP contribution in [-0.4, -0.2) is 74.6 Å². The maximum absolute atomic E-state index is 13.0. The highest BCUT2D eigenvalue weighted by atomic mass is 32.2. The van der Waals surface area contributed by atoms with Crippen LogP contribution in [0, 0.1) is 0 Å². The van der Waals surface area contributed by atoms with Crippen molar-refractivity contribution in [2.45, 2.75) is 25.4 Å². The van der Waals surface area contributed by atoms with Crippen LogP contribution in [0.4, 0.5) is 0 Å². The van der Waals surface area contributed by atoms with Gasteiger partial charge in [0.15, 0.2) is 0 Å². The number of amides is 2. The Bertz CT molecular complexity index is 768. The second kappa shape index (κ2) is 8.81. The van der Waals surface area contributed by atoms with E-state index < -0.39 is 15.6 Å². The summed E-state index contributed by atoms with van der Waals surface area (Å²) in [7, 11) is -2.03. The SMILES string of the molecule is COCCCN1C(=O)CN(S(C)(=O)=O)CC1(C)C(=O)NCc1ccccc1. The summed E-state index contributed by atoms with van der Waals surface area (Å²) in [6, 6.07) is 9.39. The van der Waals surface area contributed by atoms with Crippen LogP contribution in [0.1, 0.15) is 18.9 Å². The zero-order valence-electron chi connectivity index (χ0n) is 16.0. The van der Waals surface area contributed by atoms with Crippen molar-refractivity contribution in [1.29, 1.82) is 0 Å². The van der Waals surface area contributed by atoms with Crippen molar-refractivity contribution in [3.05, 3.63) is 35.9 Å². The first-order valence-corrected chi connectivity index (χ1v) is 10.6. The lowest BCUT2D eigenvalue weighted by Crippen LogP contribution is -2.69. The van der Waals surface area contributed by atoms with Crippen molar-refractivity contribution in [1.82, 2.24) is 14.5 Å². The summed E-state index contributed by atoms with van der Waals surface area (Å²) in [5.74, 6) is -0.773. The normalized spacial score (nSPS) is 21.3. The predicted molar refractivity (Wildman–Crippen MR) is 101 cm³/mol. The monoisotopic (exact) mass is 397 g/mol. The van der Waals surface area contributed by atoms with Gasteiger partial charge in [-0.3, -0.25) is 9.59 Å². The second-order valence-corrected chi connectivity index (χ2v) is 8.85. The third-order valence-corrected chi connectivity index (χ3v) is 5.87. The summed E-state index contributed by atoms with van der Waals surface area (Å²) in [6.07, 6.45) is 1.60.